The average molecular weight is 288 g/mol. The van der Waals surface area contributed by atoms with Crippen molar-refractivity contribution in [2.24, 2.45) is 5.92 Å². The Kier molecular flexibility index (Phi) is 4.15. The van der Waals surface area contributed by atoms with E-state index in [9.17, 15) is 4.79 Å². The van der Waals surface area contributed by atoms with Gasteiger partial charge in [-0.15, -0.1) is 0 Å². The topological polar surface area (TPSA) is 52.6 Å². The number of hydrogen-bond donors (Lipinski definition) is 2. The van der Waals surface area contributed by atoms with Crippen molar-refractivity contribution in [3.05, 3.63) is 35.9 Å². The van der Waals surface area contributed by atoms with E-state index in [4.69, 9.17) is 5.11 Å². The zero-order valence-corrected chi connectivity index (χ0v) is 12.5. The van der Waals surface area contributed by atoms with E-state index in [2.05, 4.69) is 42.6 Å². The fourth-order valence-electron chi connectivity index (χ4n) is 3.51. The van der Waals surface area contributed by atoms with Gasteiger partial charge in [0.25, 0.3) is 0 Å². The number of nitrogens with zero attached hydrogens (tertiary/aromatic N) is 1. The number of amides is 1. The number of carbonyl (C=O) groups is 1. The van der Waals surface area contributed by atoms with Crippen molar-refractivity contribution >= 4 is 6.09 Å². The molecule has 4 heteroatoms. The van der Waals surface area contributed by atoms with Gasteiger partial charge in [0.15, 0.2) is 0 Å². The molecule has 1 aromatic carbocycles. The Morgan fingerprint density at radius 2 is 1.95 bits per heavy atom. The minimum Gasteiger partial charge on any atom is -0.465 e. The van der Waals surface area contributed by atoms with Crippen molar-refractivity contribution in [3.8, 4) is 0 Å². The fourth-order valence-corrected chi connectivity index (χ4v) is 3.51. The van der Waals surface area contributed by atoms with Crippen molar-refractivity contribution in [3.63, 3.8) is 0 Å². The maximum absolute atomic E-state index is 10.9. The van der Waals surface area contributed by atoms with E-state index in [1.807, 2.05) is 0 Å². The van der Waals surface area contributed by atoms with Crippen LogP contribution in [-0.4, -0.2) is 41.3 Å². The molecule has 1 aliphatic carbocycles. The highest BCUT2D eigenvalue weighted by Crippen LogP contribution is 2.41. The summed E-state index contributed by atoms with van der Waals surface area (Å²) in [4.78, 5) is 12.5. The van der Waals surface area contributed by atoms with Gasteiger partial charge in [-0.05, 0) is 37.7 Å². The van der Waals surface area contributed by atoms with Crippen molar-refractivity contribution < 1.29 is 9.90 Å². The molecule has 3 atom stereocenters. The lowest BCUT2D eigenvalue weighted by Crippen LogP contribution is -2.44. The number of likely N-dealkylation sites (tertiary alicyclic amines) is 1. The first-order valence-electron chi connectivity index (χ1n) is 7.94. The second kappa shape index (κ2) is 6.06. The van der Waals surface area contributed by atoms with Crippen LogP contribution in [0.5, 0.6) is 0 Å². The first-order chi connectivity index (χ1) is 10.1. The van der Waals surface area contributed by atoms with Crippen molar-refractivity contribution in [1.29, 1.82) is 0 Å². The van der Waals surface area contributed by atoms with Crippen LogP contribution in [0.15, 0.2) is 30.3 Å². The molecular formula is C17H24N2O2. The minimum absolute atomic E-state index is 0.472. The molecule has 1 saturated carbocycles. The molecule has 1 amide bonds. The number of rotatable bonds is 4. The molecule has 3 rings (SSSR count). The average Bonchev–Trinajstić information content (AvgIpc) is 3.27. The molecule has 1 aliphatic heterocycles. The summed E-state index contributed by atoms with van der Waals surface area (Å²) < 4.78 is 0. The summed E-state index contributed by atoms with van der Waals surface area (Å²) in [7, 11) is 0. The Morgan fingerprint density at radius 3 is 2.57 bits per heavy atom. The second-order valence-electron chi connectivity index (χ2n) is 6.42. The predicted octanol–water partition coefficient (Wildman–Crippen LogP) is 2.91. The molecule has 1 saturated heterocycles. The van der Waals surface area contributed by atoms with E-state index >= 15 is 0 Å². The van der Waals surface area contributed by atoms with Gasteiger partial charge in [0.05, 0.1) is 0 Å². The molecule has 0 radical (unpaired) electrons. The zero-order chi connectivity index (χ0) is 14.8. The van der Waals surface area contributed by atoms with Crippen LogP contribution >= 0.6 is 0 Å². The van der Waals surface area contributed by atoms with E-state index in [0.29, 0.717) is 37.0 Å². The molecule has 4 nitrogen and oxygen atoms in total. The van der Waals surface area contributed by atoms with Gasteiger partial charge in [0, 0.05) is 31.1 Å². The van der Waals surface area contributed by atoms with Crippen molar-refractivity contribution in [2.45, 2.75) is 44.2 Å². The third-order valence-corrected chi connectivity index (χ3v) is 5.01. The lowest BCUT2D eigenvalue weighted by atomic mass is 9.90. The molecule has 1 heterocycles. The maximum Gasteiger partial charge on any atom is 0.407 e. The Labute approximate surface area is 126 Å². The summed E-state index contributed by atoms with van der Waals surface area (Å²) in [6.07, 6.45) is 2.40. The van der Waals surface area contributed by atoms with E-state index in [1.165, 1.54) is 16.9 Å². The third kappa shape index (κ3) is 3.38. The summed E-state index contributed by atoms with van der Waals surface area (Å²) in [5.74, 6) is 1.25. The number of nitrogens with one attached hydrogen (secondary N) is 1. The molecular weight excluding hydrogens is 264 g/mol. The molecule has 0 spiro atoms. The van der Waals surface area contributed by atoms with E-state index in [1.54, 1.807) is 0 Å². The molecule has 0 bridgehead atoms. The SMILES string of the molecule is CC(N[C@@H]1C[C@H]1c1ccccc1)C1CCN(C(=O)O)CC1. The van der Waals surface area contributed by atoms with Gasteiger partial charge < -0.3 is 15.3 Å². The molecule has 1 unspecified atom stereocenters. The lowest BCUT2D eigenvalue weighted by Gasteiger charge is -2.33. The van der Waals surface area contributed by atoms with Crippen LogP contribution in [-0.2, 0) is 0 Å². The molecule has 0 aromatic heterocycles. The number of benzene rings is 1. The van der Waals surface area contributed by atoms with Crippen LogP contribution in [0.2, 0.25) is 0 Å². The highest BCUT2D eigenvalue weighted by molar-refractivity contribution is 5.64. The second-order valence-corrected chi connectivity index (χ2v) is 6.42. The first kappa shape index (κ1) is 14.4. The molecule has 2 fully saturated rings. The summed E-state index contributed by atoms with van der Waals surface area (Å²) in [5.41, 5.74) is 1.43. The van der Waals surface area contributed by atoms with Crippen LogP contribution < -0.4 is 5.32 Å². The van der Waals surface area contributed by atoms with Gasteiger partial charge in [-0.25, -0.2) is 4.79 Å². The Hall–Kier alpha value is -1.55. The van der Waals surface area contributed by atoms with Gasteiger partial charge in [0.2, 0.25) is 0 Å². The van der Waals surface area contributed by atoms with Crippen LogP contribution in [0.25, 0.3) is 0 Å². The quantitative estimate of drug-likeness (QED) is 0.895. The molecule has 114 valence electrons. The Bertz CT molecular complexity index is 483. The van der Waals surface area contributed by atoms with Crippen LogP contribution in [0, 0.1) is 5.92 Å². The van der Waals surface area contributed by atoms with Gasteiger partial charge in [-0.2, -0.15) is 0 Å². The number of piperidine rings is 1. The van der Waals surface area contributed by atoms with Crippen molar-refractivity contribution in [2.75, 3.05) is 13.1 Å². The third-order valence-electron chi connectivity index (χ3n) is 5.01. The minimum atomic E-state index is -0.777. The normalized spacial score (nSPS) is 27.4. The van der Waals surface area contributed by atoms with Gasteiger partial charge >= 0.3 is 6.09 Å². The van der Waals surface area contributed by atoms with Crippen LogP contribution in [0.4, 0.5) is 4.79 Å². The molecule has 2 aliphatic rings. The van der Waals surface area contributed by atoms with E-state index in [0.717, 1.165) is 12.8 Å². The standard InChI is InChI=1S/C17H24N2O2/c1-12(13-7-9-19(10-8-13)17(20)21)18-16-11-15(16)14-5-3-2-4-6-14/h2-6,12-13,15-16,18H,7-11H2,1H3,(H,20,21)/t12?,15-,16+/m0/s1. The van der Waals surface area contributed by atoms with Crippen molar-refractivity contribution in [1.82, 2.24) is 10.2 Å². The number of hydrogen-bond acceptors (Lipinski definition) is 2. The predicted molar refractivity (Wildman–Crippen MR) is 82.5 cm³/mol. The maximum atomic E-state index is 10.9. The monoisotopic (exact) mass is 288 g/mol. The lowest BCUT2D eigenvalue weighted by molar-refractivity contribution is 0.118. The summed E-state index contributed by atoms with van der Waals surface area (Å²) in [6, 6.07) is 11.8. The number of carboxylic acid groups (broad SMARTS) is 1. The van der Waals surface area contributed by atoms with Gasteiger partial charge in [-0.1, -0.05) is 30.3 Å². The summed E-state index contributed by atoms with van der Waals surface area (Å²) >= 11 is 0. The summed E-state index contributed by atoms with van der Waals surface area (Å²) in [6.45, 7) is 3.61. The van der Waals surface area contributed by atoms with Crippen LogP contribution in [0.1, 0.15) is 37.7 Å². The molecule has 1 aromatic rings. The highest BCUT2D eigenvalue weighted by Gasteiger charge is 2.40. The fraction of sp³-hybridized carbons (Fsp3) is 0.588. The molecule has 2 N–H and O–H groups in total. The first-order valence-corrected chi connectivity index (χ1v) is 7.94. The Balaban J connectivity index is 1.46. The summed E-state index contributed by atoms with van der Waals surface area (Å²) in [5, 5.41) is 12.7. The largest absolute Gasteiger partial charge is 0.465 e. The molecule has 21 heavy (non-hydrogen) atoms. The highest BCUT2D eigenvalue weighted by atomic mass is 16.4. The van der Waals surface area contributed by atoms with E-state index < -0.39 is 6.09 Å². The van der Waals surface area contributed by atoms with E-state index in [-0.39, 0.29) is 0 Å². The van der Waals surface area contributed by atoms with Crippen LogP contribution in [0.3, 0.4) is 0 Å². The van der Waals surface area contributed by atoms with Gasteiger partial charge in [-0.3, -0.25) is 0 Å². The zero-order valence-electron chi connectivity index (χ0n) is 12.5. The Morgan fingerprint density at radius 1 is 1.29 bits per heavy atom. The van der Waals surface area contributed by atoms with Gasteiger partial charge in [0.1, 0.15) is 0 Å². The smallest absolute Gasteiger partial charge is 0.407 e.